The van der Waals surface area contributed by atoms with E-state index >= 15 is 0 Å². The third-order valence-electron chi connectivity index (χ3n) is 2.84. The second-order valence-corrected chi connectivity index (χ2v) is 4.34. The number of carboxylic acid groups (broad SMARTS) is 1. The van der Waals surface area contributed by atoms with Crippen molar-refractivity contribution < 1.29 is 29.6 Å². The van der Waals surface area contributed by atoms with Crippen LogP contribution in [0.3, 0.4) is 0 Å². The minimum Gasteiger partial charge on any atom is -0.481 e. The second kappa shape index (κ2) is 5.57. The van der Waals surface area contributed by atoms with Gasteiger partial charge in [-0.2, -0.15) is 4.98 Å². The SMILES string of the molecule is CC(=O)O.N=c1ccn2c(n1)O[C@H]1[C@H](O)[C@@H](CO)O[C@H]12. The minimum atomic E-state index is -0.883. The van der Waals surface area contributed by atoms with Crippen LogP contribution >= 0.6 is 0 Å². The lowest BCUT2D eigenvalue weighted by Crippen LogP contribution is -2.34. The molecule has 0 amide bonds. The zero-order valence-electron chi connectivity index (χ0n) is 10.6. The third kappa shape index (κ3) is 2.64. The van der Waals surface area contributed by atoms with E-state index in [0.717, 1.165) is 6.92 Å². The molecule has 0 saturated carbocycles. The van der Waals surface area contributed by atoms with Gasteiger partial charge in [0.2, 0.25) is 0 Å². The minimum absolute atomic E-state index is 0.0967. The molecule has 9 nitrogen and oxygen atoms in total. The van der Waals surface area contributed by atoms with Crippen LogP contribution in [0.1, 0.15) is 13.2 Å². The highest BCUT2D eigenvalue weighted by atomic mass is 16.6. The van der Waals surface area contributed by atoms with Gasteiger partial charge in [0.1, 0.15) is 12.2 Å². The number of aliphatic hydroxyl groups is 2. The first-order chi connectivity index (χ1) is 9.43. The van der Waals surface area contributed by atoms with Crippen LogP contribution < -0.4 is 10.2 Å². The molecule has 0 aromatic carbocycles. The van der Waals surface area contributed by atoms with Gasteiger partial charge in [-0.3, -0.25) is 14.8 Å². The fourth-order valence-corrected chi connectivity index (χ4v) is 2.04. The van der Waals surface area contributed by atoms with Gasteiger partial charge >= 0.3 is 6.01 Å². The van der Waals surface area contributed by atoms with E-state index in [1.54, 1.807) is 10.8 Å². The summed E-state index contributed by atoms with van der Waals surface area (Å²) in [5, 5.41) is 33.6. The van der Waals surface area contributed by atoms with Crippen LogP contribution in [0.5, 0.6) is 6.01 Å². The molecule has 3 heterocycles. The van der Waals surface area contributed by atoms with E-state index in [9.17, 15) is 5.11 Å². The van der Waals surface area contributed by atoms with Gasteiger partial charge in [0, 0.05) is 13.1 Å². The number of aliphatic hydroxyl groups excluding tert-OH is 2. The van der Waals surface area contributed by atoms with Crippen LogP contribution in [0.2, 0.25) is 0 Å². The molecule has 9 heteroatoms. The Labute approximate surface area is 113 Å². The van der Waals surface area contributed by atoms with E-state index in [4.69, 9.17) is 29.9 Å². The molecule has 0 spiro atoms. The molecular weight excluding hydrogens is 270 g/mol. The van der Waals surface area contributed by atoms with Crippen LogP contribution in [0.25, 0.3) is 0 Å². The van der Waals surface area contributed by atoms with Crippen molar-refractivity contribution in [3.05, 3.63) is 17.8 Å². The number of aromatic nitrogens is 2. The van der Waals surface area contributed by atoms with Crippen LogP contribution in [-0.4, -0.2) is 55.8 Å². The highest BCUT2D eigenvalue weighted by molar-refractivity contribution is 5.62. The molecule has 3 rings (SSSR count). The molecule has 4 N–H and O–H groups in total. The summed E-state index contributed by atoms with van der Waals surface area (Å²) >= 11 is 0. The molecule has 1 saturated heterocycles. The molecule has 4 atom stereocenters. The fraction of sp³-hybridized carbons (Fsp3) is 0.545. The van der Waals surface area contributed by atoms with Crippen molar-refractivity contribution in [1.82, 2.24) is 9.55 Å². The van der Waals surface area contributed by atoms with Gasteiger partial charge in [-0.15, -0.1) is 0 Å². The monoisotopic (exact) mass is 285 g/mol. The van der Waals surface area contributed by atoms with E-state index in [0.29, 0.717) is 0 Å². The summed E-state index contributed by atoms with van der Waals surface area (Å²) in [6.07, 6.45) is -0.930. The van der Waals surface area contributed by atoms with Crippen molar-refractivity contribution in [2.45, 2.75) is 31.5 Å². The van der Waals surface area contributed by atoms with Crippen molar-refractivity contribution in [2.24, 2.45) is 0 Å². The van der Waals surface area contributed by atoms with E-state index in [-0.39, 0.29) is 18.1 Å². The van der Waals surface area contributed by atoms with Gasteiger partial charge in [0.25, 0.3) is 5.97 Å². The van der Waals surface area contributed by atoms with E-state index < -0.39 is 30.5 Å². The Morgan fingerprint density at radius 1 is 1.60 bits per heavy atom. The molecule has 110 valence electrons. The topological polar surface area (TPSA) is 138 Å². The number of carboxylic acids is 1. The quantitative estimate of drug-likeness (QED) is 0.491. The Balaban J connectivity index is 0.000000328. The van der Waals surface area contributed by atoms with Crippen LogP contribution in [0, 0.1) is 5.41 Å². The second-order valence-electron chi connectivity index (χ2n) is 4.34. The average molecular weight is 285 g/mol. The molecule has 0 radical (unpaired) electrons. The number of carbonyl (C=O) groups is 1. The van der Waals surface area contributed by atoms with E-state index in [1.165, 1.54) is 6.07 Å². The Bertz CT molecular complexity index is 555. The van der Waals surface area contributed by atoms with Crippen LogP contribution in [0.4, 0.5) is 0 Å². The van der Waals surface area contributed by atoms with E-state index in [2.05, 4.69) is 4.98 Å². The summed E-state index contributed by atoms with van der Waals surface area (Å²) in [7, 11) is 0. The Morgan fingerprint density at radius 3 is 2.85 bits per heavy atom. The summed E-state index contributed by atoms with van der Waals surface area (Å²) in [6.45, 7) is 0.831. The number of nitrogens with one attached hydrogen (secondary N) is 1. The molecule has 0 unspecified atom stereocenters. The molecule has 1 fully saturated rings. The Morgan fingerprint density at radius 2 is 2.25 bits per heavy atom. The lowest BCUT2D eigenvalue weighted by molar-refractivity contribution is -0.134. The first-order valence-corrected chi connectivity index (χ1v) is 5.88. The van der Waals surface area contributed by atoms with Crippen molar-refractivity contribution in [1.29, 1.82) is 5.41 Å². The average Bonchev–Trinajstić information content (AvgIpc) is 2.85. The van der Waals surface area contributed by atoms with Crippen molar-refractivity contribution in [3.63, 3.8) is 0 Å². The van der Waals surface area contributed by atoms with Gasteiger partial charge in [-0.05, 0) is 6.07 Å². The lowest BCUT2D eigenvalue weighted by atomic mass is 10.1. The van der Waals surface area contributed by atoms with Crippen LogP contribution in [-0.2, 0) is 9.53 Å². The maximum atomic E-state index is 9.80. The summed E-state index contributed by atoms with van der Waals surface area (Å²) in [5.41, 5.74) is 0.0967. The summed E-state index contributed by atoms with van der Waals surface area (Å²) in [4.78, 5) is 12.9. The summed E-state index contributed by atoms with van der Waals surface area (Å²) < 4.78 is 12.5. The van der Waals surface area contributed by atoms with Gasteiger partial charge in [0.05, 0.1) is 6.61 Å². The molecule has 2 aliphatic heterocycles. The predicted molar refractivity (Wildman–Crippen MR) is 62.8 cm³/mol. The molecule has 0 bridgehead atoms. The number of hydrogen-bond acceptors (Lipinski definition) is 7. The Kier molecular flexibility index (Phi) is 4.02. The zero-order chi connectivity index (χ0) is 14.9. The van der Waals surface area contributed by atoms with E-state index in [1.807, 2.05) is 0 Å². The fourth-order valence-electron chi connectivity index (χ4n) is 2.04. The standard InChI is InChI=1S/C9H11N3O4.C2H4O2/c10-5-1-2-12-8-7(16-9(12)11-5)6(14)4(3-13)15-8;1-2(3)4/h1-2,4,6-8,10,13-14H,3H2;1H3,(H,3,4)/t4-,6-,7+,8-;/m1./s1. The number of rotatable bonds is 1. The number of ether oxygens (including phenoxy) is 2. The first-order valence-electron chi connectivity index (χ1n) is 5.88. The summed E-state index contributed by atoms with van der Waals surface area (Å²) in [5.74, 6) is -0.833. The van der Waals surface area contributed by atoms with Crippen LogP contribution in [0.15, 0.2) is 12.3 Å². The molecular formula is C11H15N3O6. The Hall–Kier alpha value is -1.97. The molecule has 1 aromatic heterocycles. The van der Waals surface area contributed by atoms with Crippen molar-refractivity contribution >= 4 is 5.97 Å². The molecule has 2 aliphatic rings. The lowest BCUT2D eigenvalue weighted by Gasteiger charge is -2.14. The number of hydrogen-bond donors (Lipinski definition) is 4. The van der Waals surface area contributed by atoms with Gasteiger partial charge in [-0.1, -0.05) is 0 Å². The highest BCUT2D eigenvalue weighted by Gasteiger charge is 2.50. The number of aliphatic carboxylic acids is 1. The number of nitrogens with zero attached hydrogens (tertiary/aromatic N) is 2. The van der Waals surface area contributed by atoms with Gasteiger partial charge < -0.3 is 24.8 Å². The maximum Gasteiger partial charge on any atom is 0.301 e. The normalized spacial score (nSPS) is 29.8. The maximum absolute atomic E-state index is 9.80. The number of fused-ring (bicyclic) bond motifs is 3. The van der Waals surface area contributed by atoms with Gasteiger partial charge in [0.15, 0.2) is 17.8 Å². The highest BCUT2D eigenvalue weighted by Crippen LogP contribution is 2.38. The van der Waals surface area contributed by atoms with Crippen molar-refractivity contribution in [2.75, 3.05) is 6.61 Å². The smallest absolute Gasteiger partial charge is 0.301 e. The van der Waals surface area contributed by atoms with Crippen molar-refractivity contribution in [3.8, 4) is 6.01 Å². The molecule has 0 aliphatic carbocycles. The largest absolute Gasteiger partial charge is 0.481 e. The third-order valence-corrected chi connectivity index (χ3v) is 2.84. The molecule has 1 aromatic rings. The van der Waals surface area contributed by atoms with Gasteiger partial charge in [-0.25, -0.2) is 0 Å². The molecule has 20 heavy (non-hydrogen) atoms. The predicted octanol–water partition coefficient (Wildman–Crippen LogP) is -1.53. The summed E-state index contributed by atoms with van der Waals surface area (Å²) in [6, 6.07) is 1.77. The first kappa shape index (κ1) is 14.4. The zero-order valence-corrected chi connectivity index (χ0v) is 10.6.